The maximum atomic E-state index is 11.1. The molecule has 1 aromatic rings. The summed E-state index contributed by atoms with van der Waals surface area (Å²) in [7, 11) is 0. The SMILES string of the molecule is CSC=C(c1cccn1CC1CCOC1)[N+](=O)[O-]. The van der Waals surface area contributed by atoms with Crippen LogP contribution < -0.4 is 0 Å². The maximum Gasteiger partial charge on any atom is 0.299 e. The monoisotopic (exact) mass is 268 g/mol. The molecule has 2 heterocycles. The van der Waals surface area contributed by atoms with Gasteiger partial charge in [-0.25, -0.2) is 0 Å². The van der Waals surface area contributed by atoms with Gasteiger partial charge in [-0.3, -0.25) is 10.1 Å². The first kappa shape index (κ1) is 13.2. The first-order chi connectivity index (χ1) is 8.72. The van der Waals surface area contributed by atoms with Gasteiger partial charge in [0.15, 0.2) is 0 Å². The van der Waals surface area contributed by atoms with Crippen LogP contribution in [-0.2, 0) is 11.3 Å². The molecule has 1 aromatic heterocycles. The van der Waals surface area contributed by atoms with Crippen molar-refractivity contribution < 1.29 is 9.66 Å². The standard InChI is InChI=1S/C12H16N2O3S/c1-18-9-12(14(15)16)11-3-2-5-13(11)7-10-4-6-17-8-10/h2-3,5,9-10H,4,6-8H2,1H3. The van der Waals surface area contributed by atoms with Crippen molar-refractivity contribution in [3.05, 3.63) is 39.5 Å². The molecule has 1 fully saturated rings. The van der Waals surface area contributed by atoms with Crippen LogP contribution in [0.2, 0.25) is 0 Å². The first-order valence-corrected chi connectivity index (χ1v) is 7.11. The van der Waals surface area contributed by atoms with E-state index in [0.29, 0.717) is 11.6 Å². The van der Waals surface area contributed by atoms with Crippen LogP contribution in [0.25, 0.3) is 5.70 Å². The van der Waals surface area contributed by atoms with Gasteiger partial charge in [0.05, 0.1) is 16.9 Å². The third-order valence-corrected chi connectivity index (χ3v) is 3.46. The van der Waals surface area contributed by atoms with Gasteiger partial charge in [0.1, 0.15) is 5.69 Å². The van der Waals surface area contributed by atoms with E-state index in [1.807, 2.05) is 23.1 Å². The predicted molar refractivity (Wildman–Crippen MR) is 71.8 cm³/mol. The molecule has 1 saturated heterocycles. The average molecular weight is 268 g/mol. The van der Waals surface area contributed by atoms with Crippen LogP contribution in [-0.4, -0.2) is 29.0 Å². The van der Waals surface area contributed by atoms with Crippen molar-refractivity contribution in [2.24, 2.45) is 5.92 Å². The van der Waals surface area contributed by atoms with E-state index in [-0.39, 0.29) is 10.6 Å². The van der Waals surface area contributed by atoms with Gasteiger partial charge in [-0.2, -0.15) is 0 Å². The highest BCUT2D eigenvalue weighted by Gasteiger charge is 2.21. The van der Waals surface area contributed by atoms with Crippen molar-refractivity contribution in [3.8, 4) is 0 Å². The molecule has 18 heavy (non-hydrogen) atoms. The number of hydrogen-bond acceptors (Lipinski definition) is 4. The molecule has 5 nitrogen and oxygen atoms in total. The molecule has 0 saturated carbocycles. The topological polar surface area (TPSA) is 57.3 Å². The summed E-state index contributed by atoms with van der Waals surface area (Å²) in [5, 5.41) is 12.6. The number of hydrogen-bond donors (Lipinski definition) is 0. The lowest BCUT2D eigenvalue weighted by molar-refractivity contribution is -0.375. The minimum atomic E-state index is -0.326. The first-order valence-electron chi connectivity index (χ1n) is 5.83. The maximum absolute atomic E-state index is 11.1. The van der Waals surface area contributed by atoms with E-state index in [4.69, 9.17) is 4.74 Å². The summed E-state index contributed by atoms with van der Waals surface area (Å²) in [6.07, 6.45) is 4.74. The summed E-state index contributed by atoms with van der Waals surface area (Å²) in [6, 6.07) is 3.64. The van der Waals surface area contributed by atoms with Crippen LogP contribution in [0, 0.1) is 16.0 Å². The fraction of sp³-hybridized carbons (Fsp3) is 0.500. The molecule has 0 N–H and O–H groups in total. The van der Waals surface area contributed by atoms with Gasteiger partial charge >= 0.3 is 0 Å². The van der Waals surface area contributed by atoms with E-state index in [0.717, 1.165) is 26.2 Å². The van der Waals surface area contributed by atoms with Gasteiger partial charge in [0.25, 0.3) is 5.70 Å². The lowest BCUT2D eigenvalue weighted by Gasteiger charge is -2.11. The number of thioether (sulfide) groups is 1. The predicted octanol–water partition coefficient (Wildman–Crippen LogP) is 2.46. The summed E-state index contributed by atoms with van der Waals surface area (Å²) in [4.78, 5) is 10.7. The average Bonchev–Trinajstić information content (AvgIpc) is 2.98. The summed E-state index contributed by atoms with van der Waals surface area (Å²) >= 11 is 1.35. The molecular weight excluding hydrogens is 252 g/mol. The molecule has 0 bridgehead atoms. The van der Waals surface area contributed by atoms with Crippen molar-refractivity contribution in [1.29, 1.82) is 0 Å². The Morgan fingerprint density at radius 2 is 2.61 bits per heavy atom. The van der Waals surface area contributed by atoms with Gasteiger partial charge < -0.3 is 9.30 Å². The van der Waals surface area contributed by atoms with E-state index >= 15 is 0 Å². The Bertz CT molecular complexity index is 450. The molecule has 0 aliphatic carbocycles. The fourth-order valence-corrected chi connectivity index (χ4v) is 2.55. The van der Waals surface area contributed by atoms with Crippen molar-refractivity contribution >= 4 is 17.5 Å². The Morgan fingerprint density at radius 3 is 3.22 bits per heavy atom. The molecule has 1 aliphatic rings. The summed E-state index contributed by atoms with van der Waals surface area (Å²) < 4.78 is 7.28. The number of aromatic nitrogens is 1. The van der Waals surface area contributed by atoms with Crippen LogP contribution >= 0.6 is 11.8 Å². The van der Waals surface area contributed by atoms with Crippen molar-refractivity contribution in [2.45, 2.75) is 13.0 Å². The Kier molecular flexibility index (Phi) is 4.43. The van der Waals surface area contributed by atoms with Crippen LogP contribution in [0.1, 0.15) is 12.1 Å². The molecule has 0 radical (unpaired) electrons. The van der Waals surface area contributed by atoms with Crippen molar-refractivity contribution in [3.63, 3.8) is 0 Å². The van der Waals surface area contributed by atoms with Crippen LogP contribution in [0.15, 0.2) is 23.7 Å². The highest BCUT2D eigenvalue weighted by Crippen LogP contribution is 2.22. The summed E-state index contributed by atoms with van der Waals surface area (Å²) in [6.45, 7) is 2.32. The van der Waals surface area contributed by atoms with Gasteiger partial charge in [-0.05, 0) is 24.8 Å². The van der Waals surface area contributed by atoms with Crippen LogP contribution in [0.5, 0.6) is 0 Å². The van der Waals surface area contributed by atoms with Crippen molar-refractivity contribution in [1.82, 2.24) is 4.57 Å². The summed E-state index contributed by atoms with van der Waals surface area (Å²) in [5.41, 5.74) is 0.827. The molecule has 1 aliphatic heterocycles. The number of ether oxygens (including phenoxy) is 1. The highest BCUT2D eigenvalue weighted by molar-refractivity contribution is 8.01. The van der Waals surface area contributed by atoms with E-state index in [2.05, 4.69) is 0 Å². The van der Waals surface area contributed by atoms with Crippen LogP contribution in [0.4, 0.5) is 0 Å². The second kappa shape index (κ2) is 6.06. The zero-order valence-electron chi connectivity index (χ0n) is 10.2. The molecule has 0 amide bonds. The number of rotatable bonds is 5. The lowest BCUT2D eigenvalue weighted by Crippen LogP contribution is -2.13. The third kappa shape index (κ3) is 2.94. The molecule has 98 valence electrons. The van der Waals surface area contributed by atoms with Gasteiger partial charge in [-0.1, -0.05) is 0 Å². The van der Waals surface area contributed by atoms with E-state index in [1.54, 1.807) is 11.5 Å². The Balaban J connectivity index is 2.20. The minimum Gasteiger partial charge on any atom is -0.381 e. The Labute approximate surface area is 110 Å². The normalized spacial score (nSPS) is 20.3. The van der Waals surface area contributed by atoms with E-state index < -0.39 is 0 Å². The molecule has 2 rings (SSSR count). The number of nitrogens with zero attached hydrogens (tertiary/aromatic N) is 2. The smallest absolute Gasteiger partial charge is 0.299 e. The highest BCUT2D eigenvalue weighted by atomic mass is 32.2. The quantitative estimate of drug-likeness (QED) is 0.608. The van der Waals surface area contributed by atoms with Gasteiger partial charge in [0.2, 0.25) is 0 Å². The minimum absolute atomic E-state index is 0.159. The molecule has 1 atom stereocenters. The second-order valence-corrected chi connectivity index (χ2v) is 4.98. The third-order valence-electron chi connectivity index (χ3n) is 3.00. The Hall–Kier alpha value is -1.27. The zero-order chi connectivity index (χ0) is 13.0. The van der Waals surface area contributed by atoms with Crippen LogP contribution in [0.3, 0.4) is 0 Å². The molecular formula is C12H16N2O3S. The van der Waals surface area contributed by atoms with Gasteiger partial charge in [-0.15, -0.1) is 11.8 Å². The number of nitro groups is 1. The Morgan fingerprint density at radius 1 is 1.78 bits per heavy atom. The lowest BCUT2D eigenvalue weighted by atomic mass is 10.1. The van der Waals surface area contributed by atoms with Crippen molar-refractivity contribution in [2.75, 3.05) is 19.5 Å². The molecule has 0 aromatic carbocycles. The zero-order valence-corrected chi connectivity index (χ0v) is 11.1. The molecule has 0 spiro atoms. The van der Waals surface area contributed by atoms with Gasteiger partial charge in [0, 0.05) is 25.3 Å². The molecule has 6 heteroatoms. The molecule has 1 unspecified atom stereocenters. The fourth-order valence-electron chi connectivity index (χ4n) is 2.12. The van der Waals surface area contributed by atoms with E-state index in [1.165, 1.54) is 11.8 Å². The summed E-state index contributed by atoms with van der Waals surface area (Å²) in [5.74, 6) is 0.457. The largest absolute Gasteiger partial charge is 0.381 e. The van der Waals surface area contributed by atoms with E-state index in [9.17, 15) is 10.1 Å². The second-order valence-electron chi connectivity index (χ2n) is 4.27.